The number of benzene rings is 1. The summed E-state index contributed by atoms with van der Waals surface area (Å²) in [6.07, 6.45) is 1.73. The third-order valence-corrected chi connectivity index (χ3v) is 4.14. The van der Waals surface area contributed by atoms with E-state index in [1.807, 2.05) is 26.0 Å². The van der Waals surface area contributed by atoms with Gasteiger partial charge in [-0.15, -0.1) is 0 Å². The second kappa shape index (κ2) is 7.94. The van der Waals surface area contributed by atoms with Crippen molar-refractivity contribution < 1.29 is 9.59 Å². The van der Waals surface area contributed by atoms with Gasteiger partial charge in [0.05, 0.1) is 0 Å². The number of hydrogen-bond acceptors (Lipinski definition) is 3. The van der Waals surface area contributed by atoms with Gasteiger partial charge in [0.15, 0.2) is 0 Å². The van der Waals surface area contributed by atoms with Crippen molar-refractivity contribution in [1.82, 2.24) is 10.2 Å². The van der Waals surface area contributed by atoms with Crippen LogP contribution in [0.3, 0.4) is 0 Å². The van der Waals surface area contributed by atoms with Crippen molar-refractivity contribution in [2.45, 2.75) is 26.7 Å². The minimum Gasteiger partial charge on any atom is -0.339 e. The molecule has 22 heavy (non-hydrogen) atoms. The quantitative estimate of drug-likeness (QED) is 0.876. The standard InChI is InChI=1S/C17H25N3O2/c1-3-20(4-2)17(22)14-6-5-7-15(12-14)19-16(21)13-8-10-18-11-9-13/h5-7,12-13,18H,3-4,8-11H2,1-2H3,(H,19,21). The molecule has 1 aromatic carbocycles. The molecule has 5 nitrogen and oxygen atoms in total. The number of anilines is 1. The van der Waals surface area contributed by atoms with Crippen molar-refractivity contribution in [3.63, 3.8) is 0 Å². The summed E-state index contributed by atoms with van der Waals surface area (Å²) in [6.45, 7) is 7.06. The average molecular weight is 303 g/mol. The predicted octanol–water partition coefficient (Wildman–Crippen LogP) is 2.11. The van der Waals surface area contributed by atoms with E-state index in [0.717, 1.165) is 25.9 Å². The van der Waals surface area contributed by atoms with E-state index in [9.17, 15) is 9.59 Å². The van der Waals surface area contributed by atoms with Crippen LogP contribution in [0.5, 0.6) is 0 Å². The molecule has 0 saturated carbocycles. The Hall–Kier alpha value is -1.88. The number of amides is 2. The zero-order valence-corrected chi connectivity index (χ0v) is 13.4. The molecule has 1 aliphatic heterocycles. The van der Waals surface area contributed by atoms with Gasteiger partial charge >= 0.3 is 0 Å². The molecule has 2 rings (SSSR count). The zero-order valence-electron chi connectivity index (χ0n) is 13.4. The van der Waals surface area contributed by atoms with Crippen LogP contribution in [0.25, 0.3) is 0 Å². The molecule has 2 amide bonds. The largest absolute Gasteiger partial charge is 0.339 e. The van der Waals surface area contributed by atoms with Gasteiger partial charge in [0.25, 0.3) is 5.91 Å². The highest BCUT2D eigenvalue weighted by atomic mass is 16.2. The summed E-state index contributed by atoms with van der Waals surface area (Å²) >= 11 is 0. The van der Waals surface area contributed by atoms with Crippen LogP contribution in [0, 0.1) is 5.92 Å². The fourth-order valence-corrected chi connectivity index (χ4v) is 2.75. The number of nitrogens with one attached hydrogen (secondary N) is 2. The summed E-state index contributed by atoms with van der Waals surface area (Å²) in [6, 6.07) is 7.20. The van der Waals surface area contributed by atoms with Gasteiger partial charge < -0.3 is 15.5 Å². The lowest BCUT2D eigenvalue weighted by molar-refractivity contribution is -0.120. The predicted molar refractivity (Wildman–Crippen MR) is 87.9 cm³/mol. The molecule has 1 aliphatic rings. The van der Waals surface area contributed by atoms with Crippen LogP contribution in [0.1, 0.15) is 37.0 Å². The molecule has 0 atom stereocenters. The van der Waals surface area contributed by atoms with Crippen LogP contribution >= 0.6 is 0 Å². The maximum Gasteiger partial charge on any atom is 0.253 e. The minimum atomic E-state index is 0.00275. The first kappa shape index (κ1) is 16.5. The Balaban J connectivity index is 2.04. The molecule has 0 aliphatic carbocycles. The van der Waals surface area contributed by atoms with Gasteiger partial charge in [-0.1, -0.05) is 6.07 Å². The number of hydrogen-bond donors (Lipinski definition) is 2. The molecule has 1 fully saturated rings. The molecule has 1 aromatic rings. The smallest absolute Gasteiger partial charge is 0.253 e. The molecule has 0 spiro atoms. The Morgan fingerprint density at radius 3 is 2.55 bits per heavy atom. The molecule has 5 heteroatoms. The van der Waals surface area contributed by atoms with Crippen LogP contribution in [0.2, 0.25) is 0 Å². The van der Waals surface area contributed by atoms with E-state index in [4.69, 9.17) is 0 Å². The first-order valence-corrected chi connectivity index (χ1v) is 8.06. The van der Waals surface area contributed by atoms with Crippen LogP contribution in [0.15, 0.2) is 24.3 Å². The molecule has 1 saturated heterocycles. The summed E-state index contributed by atoms with van der Waals surface area (Å²) in [5.74, 6) is 0.111. The van der Waals surface area contributed by atoms with Crippen molar-refractivity contribution in [3.05, 3.63) is 29.8 Å². The monoisotopic (exact) mass is 303 g/mol. The first-order valence-electron chi connectivity index (χ1n) is 8.06. The van der Waals surface area contributed by atoms with Gasteiger partial charge in [0, 0.05) is 30.3 Å². The van der Waals surface area contributed by atoms with Crippen molar-refractivity contribution in [2.24, 2.45) is 5.92 Å². The Kier molecular flexibility index (Phi) is 5.95. The Labute approximate surface area is 132 Å². The van der Waals surface area contributed by atoms with Crippen LogP contribution in [-0.4, -0.2) is 42.9 Å². The molecule has 0 radical (unpaired) electrons. The number of nitrogens with zero attached hydrogens (tertiary/aromatic N) is 1. The topological polar surface area (TPSA) is 61.4 Å². The maximum absolute atomic E-state index is 12.4. The zero-order chi connectivity index (χ0) is 15.9. The van der Waals surface area contributed by atoms with Crippen molar-refractivity contribution in [2.75, 3.05) is 31.5 Å². The van der Waals surface area contributed by atoms with E-state index in [1.54, 1.807) is 17.0 Å². The lowest BCUT2D eigenvalue weighted by atomic mass is 9.97. The summed E-state index contributed by atoms with van der Waals surface area (Å²) in [5.41, 5.74) is 1.31. The highest BCUT2D eigenvalue weighted by Crippen LogP contribution is 2.17. The summed E-state index contributed by atoms with van der Waals surface area (Å²) in [4.78, 5) is 26.4. The fourth-order valence-electron chi connectivity index (χ4n) is 2.75. The van der Waals surface area contributed by atoms with Crippen molar-refractivity contribution >= 4 is 17.5 Å². The molecule has 2 N–H and O–H groups in total. The fraction of sp³-hybridized carbons (Fsp3) is 0.529. The average Bonchev–Trinajstić information content (AvgIpc) is 2.57. The van der Waals surface area contributed by atoms with Gasteiger partial charge in [-0.2, -0.15) is 0 Å². The molecule has 1 heterocycles. The van der Waals surface area contributed by atoms with Gasteiger partial charge in [-0.3, -0.25) is 9.59 Å². The van der Waals surface area contributed by atoms with E-state index in [1.165, 1.54) is 0 Å². The molecular weight excluding hydrogens is 278 g/mol. The Morgan fingerprint density at radius 2 is 1.91 bits per heavy atom. The van der Waals surface area contributed by atoms with E-state index in [0.29, 0.717) is 24.3 Å². The van der Waals surface area contributed by atoms with Crippen LogP contribution in [-0.2, 0) is 4.79 Å². The van der Waals surface area contributed by atoms with Crippen LogP contribution < -0.4 is 10.6 Å². The molecule has 120 valence electrons. The lowest BCUT2D eigenvalue weighted by Crippen LogP contribution is -2.34. The summed E-state index contributed by atoms with van der Waals surface area (Å²) < 4.78 is 0. The third-order valence-electron chi connectivity index (χ3n) is 4.14. The first-order chi connectivity index (χ1) is 10.7. The van der Waals surface area contributed by atoms with Gasteiger partial charge in [0.1, 0.15) is 0 Å². The van der Waals surface area contributed by atoms with Gasteiger partial charge in [-0.25, -0.2) is 0 Å². The summed E-state index contributed by atoms with van der Waals surface area (Å²) in [7, 11) is 0. The van der Waals surface area contributed by atoms with E-state index >= 15 is 0 Å². The molecule has 0 unspecified atom stereocenters. The van der Waals surface area contributed by atoms with E-state index in [2.05, 4.69) is 10.6 Å². The number of carbonyl (C=O) groups is 2. The number of rotatable bonds is 5. The van der Waals surface area contributed by atoms with Gasteiger partial charge in [-0.05, 0) is 58.0 Å². The van der Waals surface area contributed by atoms with E-state index in [-0.39, 0.29) is 17.7 Å². The third kappa shape index (κ3) is 4.07. The molecule has 0 bridgehead atoms. The minimum absolute atomic E-state index is 0.00275. The SMILES string of the molecule is CCN(CC)C(=O)c1cccc(NC(=O)C2CCNCC2)c1. The number of piperidine rings is 1. The van der Waals surface area contributed by atoms with Crippen molar-refractivity contribution in [3.8, 4) is 0 Å². The normalized spacial score (nSPS) is 15.4. The highest BCUT2D eigenvalue weighted by Gasteiger charge is 2.21. The van der Waals surface area contributed by atoms with E-state index < -0.39 is 0 Å². The second-order valence-corrected chi connectivity index (χ2v) is 5.57. The Morgan fingerprint density at radius 1 is 1.23 bits per heavy atom. The van der Waals surface area contributed by atoms with Crippen molar-refractivity contribution in [1.29, 1.82) is 0 Å². The van der Waals surface area contributed by atoms with Crippen LogP contribution in [0.4, 0.5) is 5.69 Å². The molecule has 0 aromatic heterocycles. The number of carbonyl (C=O) groups excluding carboxylic acids is 2. The lowest BCUT2D eigenvalue weighted by Gasteiger charge is -2.22. The summed E-state index contributed by atoms with van der Waals surface area (Å²) in [5, 5.41) is 6.20. The molecular formula is C17H25N3O2. The maximum atomic E-state index is 12.4. The second-order valence-electron chi connectivity index (χ2n) is 5.57. The Bertz CT molecular complexity index is 520. The van der Waals surface area contributed by atoms with Gasteiger partial charge in [0.2, 0.25) is 5.91 Å². The highest BCUT2D eigenvalue weighted by molar-refractivity contribution is 5.97.